The van der Waals surface area contributed by atoms with Crippen LogP contribution in [0.4, 0.5) is 5.82 Å². The van der Waals surface area contributed by atoms with E-state index >= 15 is 0 Å². The maximum Gasteiger partial charge on any atom is 0.475 e. The van der Waals surface area contributed by atoms with E-state index in [1.54, 1.807) is 0 Å². The molecule has 0 bridgehead atoms. The predicted octanol–water partition coefficient (Wildman–Crippen LogP) is -4.92. The Morgan fingerprint density at radius 1 is 1.25 bits per heavy atom. The molecule has 0 spiro atoms. The third kappa shape index (κ3) is 8.22. The number of hydrogen-bond acceptors (Lipinski definition) is 18. The van der Waals surface area contributed by atoms with Gasteiger partial charge >= 0.3 is 19.5 Å². The van der Waals surface area contributed by atoms with Crippen molar-refractivity contribution in [3.05, 3.63) is 34.6 Å². The van der Waals surface area contributed by atoms with E-state index in [1.807, 2.05) is 0 Å². The van der Waals surface area contributed by atoms with Crippen LogP contribution in [-0.2, 0) is 39.2 Å². The van der Waals surface area contributed by atoms with Crippen LogP contribution in [0.15, 0.2) is 23.3 Å². The number of aliphatic hydroxyl groups excluding tert-OH is 6. The van der Waals surface area contributed by atoms with E-state index in [-0.39, 0.29) is 11.5 Å². The molecule has 0 aromatic carbocycles. The summed E-state index contributed by atoms with van der Waals surface area (Å²) in [5.41, 5.74) is 4.61. The van der Waals surface area contributed by atoms with Crippen LogP contribution >= 0.6 is 7.82 Å². The molecule has 12 atom stereocenters. The normalized spacial score (nSPS) is 32.2. The molecule has 1 amide bonds. The van der Waals surface area contributed by atoms with Crippen LogP contribution in [0, 0.1) is 0 Å². The number of nitrogen functional groups attached to an aromatic ring is 1. The molecule has 0 saturated carbocycles. The molecular weight excluding hydrogens is 673 g/mol. The van der Waals surface area contributed by atoms with Crippen LogP contribution in [0.2, 0.25) is 0 Å². The lowest BCUT2D eigenvalue weighted by molar-refractivity contribution is -0.288. The molecule has 2 unspecified atom stereocenters. The number of aliphatic hydroxyl groups is 6. The number of amides is 1. The van der Waals surface area contributed by atoms with Gasteiger partial charge in [-0.05, 0) is 13.0 Å². The Morgan fingerprint density at radius 3 is 2.52 bits per heavy atom. The molecule has 2 fully saturated rings. The van der Waals surface area contributed by atoms with Crippen LogP contribution in [-0.4, -0.2) is 138 Å². The highest BCUT2D eigenvalue weighted by atomic mass is 31.2. The number of carboxylic acids is 1. The van der Waals surface area contributed by atoms with Crippen LogP contribution in [0.3, 0.4) is 0 Å². The fourth-order valence-corrected chi connectivity index (χ4v) is 6.06. The lowest BCUT2D eigenvalue weighted by Crippen LogP contribution is -2.67. The van der Waals surface area contributed by atoms with Gasteiger partial charge < -0.3 is 61.2 Å². The van der Waals surface area contributed by atoms with E-state index in [9.17, 15) is 59.6 Å². The molecule has 2 saturated heterocycles. The molecule has 11 N–H and O–H groups in total. The molecule has 268 valence electrons. The Labute approximate surface area is 269 Å². The van der Waals surface area contributed by atoms with Crippen LogP contribution in [0.5, 0.6) is 0 Å². The molecular formula is C24H36N7O16P. The second kappa shape index (κ2) is 14.6. The number of hydrogen-bond donors (Lipinski definition) is 10. The van der Waals surface area contributed by atoms with Gasteiger partial charge in [0.25, 0.3) is 5.79 Å². The lowest BCUT2D eigenvalue weighted by Gasteiger charge is -2.46. The number of carbonyl (C=O) groups is 2. The van der Waals surface area contributed by atoms with Gasteiger partial charge in [-0.3, -0.25) is 13.9 Å². The van der Waals surface area contributed by atoms with Crippen molar-refractivity contribution in [1.82, 2.24) is 29.9 Å². The fourth-order valence-electron chi connectivity index (χ4n) is 5.10. The topological polar surface area (TPSA) is 354 Å². The second-order valence-electron chi connectivity index (χ2n) is 11.2. The standard InChI is InChI=1S/C24H36N7O16P/c1-9(32)11-6-30(29-28-11)7-13(35)17(36)20-16(26-10(2)33)12(34)5-24(46-20,22(39)40)47-48(42,43)44-8-14-18(37)19(38)21(45-14)31-4-3-15(25)27-23(31)41/h3-4,6,9,12-14,16-21,32,34-38H,5,7-8H2,1-2H3,(H,26,33)(H,39,40)(H,42,43)(H2,25,27,41)/t9?,12-,13+,14+,16+,17+,18+,19+,20+,21+,24+/m0/s1. The van der Waals surface area contributed by atoms with Crippen LogP contribution in [0.25, 0.3) is 0 Å². The quantitative estimate of drug-likeness (QED) is 0.0871. The van der Waals surface area contributed by atoms with Gasteiger partial charge in [0, 0.05) is 19.5 Å². The van der Waals surface area contributed by atoms with Crippen LogP contribution in [0.1, 0.15) is 38.3 Å². The summed E-state index contributed by atoms with van der Waals surface area (Å²) in [5.74, 6) is -6.23. The molecule has 2 aromatic rings. The Hall–Kier alpha value is -3.45. The summed E-state index contributed by atoms with van der Waals surface area (Å²) >= 11 is 0. The molecule has 2 aromatic heterocycles. The number of nitrogens with two attached hydrogens (primary N) is 1. The molecule has 2 aliphatic rings. The van der Waals surface area contributed by atoms with Gasteiger partial charge in [0.05, 0.1) is 37.6 Å². The highest BCUT2D eigenvalue weighted by Crippen LogP contribution is 2.51. The number of nitrogens with zero attached hydrogens (tertiary/aromatic N) is 5. The SMILES string of the molecule is CC(=O)N[C@H]1[C@H]([C@H](O)[C@H](O)Cn2cc(C(C)O)nn2)O[C@](OP(=O)(O)OC[C@H]2O[C@@H](n3ccc(N)nc3=O)[C@H](O)[C@@H]2O)(C(=O)O)C[C@@H]1O. The molecule has 48 heavy (non-hydrogen) atoms. The van der Waals surface area contributed by atoms with Gasteiger partial charge in [-0.2, -0.15) is 4.98 Å². The summed E-state index contributed by atoms with van der Waals surface area (Å²) in [6.07, 6.45) is -14.4. The summed E-state index contributed by atoms with van der Waals surface area (Å²) in [4.78, 5) is 50.5. The molecule has 0 radical (unpaired) electrons. The highest BCUT2D eigenvalue weighted by molar-refractivity contribution is 7.47. The van der Waals surface area contributed by atoms with Crippen molar-refractivity contribution in [2.24, 2.45) is 0 Å². The number of carbonyl (C=O) groups excluding carboxylic acids is 1. The molecule has 2 aliphatic heterocycles. The third-order valence-electron chi connectivity index (χ3n) is 7.49. The van der Waals surface area contributed by atoms with Crippen molar-refractivity contribution in [3.63, 3.8) is 0 Å². The molecule has 0 aliphatic carbocycles. The van der Waals surface area contributed by atoms with E-state index in [1.165, 1.54) is 19.2 Å². The fraction of sp³-hybridized carbons (Fsp3) is 0.667. The maximum absolute atomic E-state index is 13.0. The van der Waals surface area contributed by atoms with Crippen molar-refractivity contribution in [2.75, 3.05) is 12.3 Å². The lowest BCUT2D eigenvalue weighted by atomic mass is 9.88. The Morgan fingerprint density at radius 2 is 1.94 bits per heavy atom. The number of nitrogens with one attached hydrogen (secondary N) is 1. The van der Waals surface area contributed by atoms with Gasteiger partial charge in [0.2, 0.25) is 5.91 Å². The molecule has 23 nitrogen and oxygen atoms in total. The zero-order valence-electron chi connectivity index (χ0n) is 25.2. The number of phosphoric ester groups is 1. The van der Waals surface area contributed by atoms with Gasteiger partial charge in [0.15, 0.2) is 6.23 Å². The minimum absolute atomic E-state index is 0.117. The average Bonchev–Trinajstić information content (AvgIpc) is 3.57. The summed E-state index contributed by atoms with van der Waals surface area (Å²) in [6.45, 7) is 0.894. The summed E-state index contributed by atoms with van der Waals surface area (Å²) in [7, 11) is -5.57. The third-order valence-corrected chi connectivity index (χ3v) is 8.49. The van der Waals surface area contributed by atoms with Gasteiger partial charge in [-0.15, -0.1) is 5.10 Å². The highest BCUT2D eigenvalue weighted by Gasteiger charge is 2.59. The van der Waals surface area contributed by atoms with Crippen molar-refractivity contribution >= 4 is 25.5 Å². The number of anilines is 1. The first-order chi connectivity index (χ1) is 22.3. The molecule has 4 heterocycles. The Bertz CT molecular complexity index is 1570. The zero-order chi connectivity index (χ0) is 35.7. The number of phosphoric acid groups is 1. The minimum atomic E-state index is -5.57. The van der Waals surface area contributed by atoms with Gasteiger partial charge in [0.1, 0.15) is 48.1 Å². The van der Waals surface area contributed by atoms with E-state index in [0.717, 1.165) is 22.4 Å². The van der Waals surface area contributed by atoms with Crippen molar-refractivity contribution in [2.45, 2.75) is 93.7 Å². The molecule has 4 rings (SSSR count). The number of aliphatic carboxylic acids is 1. The minimum Gasteiger partial charge on any atom is -0.477 e. The van der Waals surface area contributed by atoms with Crippen LogP contribution < -0.4 is 16.7 Å². The first-order valence-corrected chi connectivity index (χ1v) is 15.7. The van der Waals surface area contributed by atoms with E-state index < -0.39 is 112 Å². The Kier molecular flexibility index (Phi) is 11.3. The summed E-state index contributed by atoms with van der Waals surface area (Å²) in [6, 6.07) is -0.382. The summed E-state index contributed by atoms with van der Waals surface area (Å²) in [5, 5.41) is 82.8. The predicted molar refractivity (Wildman–Crippen MR) is 152 cm³/mol. The van der Waals surface area contributed by atoms with Gasteiger partial charge in [-0.25, -0.2) is 23.4 Å². The molecule has 24 heteroatoms. The largest absolute Gasteiger partial charge is 0.477 e. The maximum atomic E-state index is 13.0. The Balaban J connectivity index is 1.51. The number of carboxylic acid groups (broad SMARTS) is 1. The number of rotatable bonds is 13. The van der Waals surface area contributed by atoms with E-state index in [0.29, 0.717) is 0 Å². The van der Waals surface area contributed by atoms with E-state index in [2.05, 4.69) is 20.6 Å². The first kappa shape index (κ1) is 37.4. The van der Waals surface area contributed by atoms with Crippen molar-refractivity contribution in [3.8, 4) is 0 Å². The van der Waals surface area contributed by atoms with E-state index in [4.69, 9.17) is 24.3 Å². The first-order valence-electron chi connectivity index (χ1n) is 14.2. The average molecular weight is 710 g/mol. The van der Waals surface area contributed by atoms with Gasteiger partial charge in [-0.1, -0.05) is 5.21 Å². The van der Waals surface area contributed by atoms with Crippen molar-refractivity contribution < 1.29 is 73.3 Å². The number of ether oxygens (including phenoxy) is 2. The monoisotopic (exact) mass is 709 g/mol. The second-order valence-corrected chi connectivity index (χ2v) is 12.6. The zero-order valence-corrected chi connectivity index (χ0v) is 26.1. The summed E-state index contributed by atoms with van der Waals surface area (Å²) < 4.78 is 35.4. The number of aromatic nitrogens is 5. The smallest absolute Gasteiger partial charge is 0.475 e. The van der Waals surface area contributed by atoms with Crippen molar-refractivity contribution in [1.29, 1.82) is 0 Å².